The molecular formula is C9H7NO. The second kappa shape index (κ2) is 2.08. The maximum absolute atomic E-state index is 8.73. The van der Waals surface area contributed by atoms with Crippen molar-refractivity contribution in [3.05, 3.63) is 35.9 Å². The average molecular weight is 145 g/mol. The Morgan fingerprint density at radius 3 is 2.45 bits per heavy atom. The van der Waals surface area contributed by atoms with Crippen LogP contribution in [0.1, 0.15) is 5.56 Å². The highest BCUT2D eigenvalue weighted by Crippen LogP contribution is 2.37. The van der Waals surface area contributed by atoms with Gasteiger partial charge in [0.2, 0.25) is 5.60 Å². The fraction of sp³-hybridized carbons (Fsp3) is 0.222. The molecule has 0 amide bonds. The summed E-state index contributed by atoms with van der Waals surface area (Å²) in [6, 6.07) is 11.7. The Hall–Kier alpha value is -1.33. The van der Waals surface area contributed by atoms with E-state index in [1.807, 2.05) is 30.3 Å². The summed E-state index contributed by atoms with van der Waals surface area (Å²) in [5.74, 6) is 0. The van der Waals surface area contributed by atoms with Gasteiger partial charge in [0.05, 0.1) is 6.61 Å². The molecule has 0 spiro atoms. The van der Waals surface area contributed by atoms with Gasteiger partial charge >= 0.3 is 0 Å². The van der Waals surface area contributed by atoms with Crippen molar-refractivity contribution < 1.29 is 4.74 Å². The molecule has 0 saturated carbocycles. The molecule has 1 unspecified atom stereocenters. The van der Waals surface area contributed by atoms with E-state index in [0.717, 1.165) is 5.56 Å². The van der Waals surface area contributed by atoms with Crippen LogP contribution in [0.2, 0.25) is 0 Å². The monoisotopic (exact) mass is 145 g/mol. The fourth-order valence-corrected chi connectivity index (χ4v) is 1.08. The van der Waals surface area contributed by atoms with Gasteiger partial charge in [-0.3, -0.25) is 0 Å². The van der Waals surface area contributed by atoms with E-state index < -0.39 is 5.60 Å². The second-order valence-electron chi connectivity index (χ2n) is 2.59. The summed E-state index contributed by atoms with van der Waals surface area (Å²) in [6.07, 6.45) is 0. The molecule has 2 heteroatoms. The third-order valence-corrected chi connectivity index (χ3v) is 1.85. The standard InChI is InChI=1S/C9H7NO/c10-6-9(7-11-9)8-4-2-1-3-5-8/h1-5H,7H2. The van der Waals surface area contributed by atoms with E-state index in [0.29, 0.717) is 6.61 Å². The van der Waals surface area contributed by atoms with E-state index in [4.69, 9.17) is 10.00 Å². The number of benzene rings is 1. The number of nitriles is 1. The minimum Gasteiger partial charge on any atom is -0.349 e. The Labute approximate surface area is 65.0 Å². The fourth-order valence-electron chi connectivity index (χ4n) is 1.08. The third-order valence-electron chi connectivity index (χ3n) is 1.85. The molecule has 0 aliphatic carbocycles. The maximum Gasteiger partial charge on any atom is 0.203 e. The molecule has 2 nitrogen and oxygen atoms in total. The zero-order valence-corrected chi connectivity index (χ0v) is 5.95. The minimum atomic E-state index is -0.610. The van der Waals surface area contributed by atoms with Crippen molar-refractivity contribution in [2.24, 2.45) is 0 Å². The average Bonchev–Trinajstić information content (AvgIpc) is 2.86. The molecule has 0 radical (unpaired) electrons. The molecule has 0 N–H and O–H groups in total. The van der Waals surface area contributed by atoms with E-state index in [2.05, 4.69) is 6.07 Å². The van der Waals surface area contributed by atoms with Crippen LogP contribution in [0.25, 0.3) is 0 Å². The molecule has 1 heterocycles. The minimum absolute atomic E-state index is 0.535. The van der Waals surface area contributed by atoms with Gasteiger partial charge in [-0.1, -0.05) is 30.3 Å². The predicted octanol–water partition coefficient (Wildman–Crippen LogP) is 1.44. The molecule has 1 atom stereocenters. The molecule has 11 heavy (non-hydrogen) atoms. The Morgan fingerprint density at radius 2 is 2.00 bits per heavy atom. The lowest BCUT2D eigenvalue weighted by Crippen LogP contribution is -2.03. The SMILES string of the molecule is N#CC1(c2ccccc2)CO1. The first-order valence-electron chi connectivity index (χ1n) is 3.48. The van der Waals surface area contributed by atoms with E-state index >= 15 is 0 Å². The lowest BCUT2D eigenvalue weighted by Gasteiger charge is -1.99. The zero-order valence-electron chi connectivity index (χ0n) is 5.95. The van der Waals surface area contributed by atoms with Crippen LogP contribution in [0.3, 0.4) is 0 Å². The molecule has 1 aliphatic heterocycles. The number of ether oxygens (including phenoxy) is 1. The highest BCUT2D eigenvalue weighted by atomic mass is 16.6. The van der Waals surface area contributed by atoms with E-state index in [9.17, 15) is 0 Å². The smallest absolute Gasteiger partial charge is 0.203 e. The number of nitrogens with zero attached hydrogens (tertiary/aromatic N) is 1. The Kier molecular flexibility index (Phi) is 1.21. The highest BCUT2D eigenvalue weighted by molar-refractivity contribution is 5.33. The second-order valence-corrected chi connectivity index (χ2v) is 2.59. The number of rotatable bonds is 1. The zero-order chi connectivity index (χ0) is 7.73. The van der Waals surface area contributed by atoms with Crippen molar-refractivity contribution in [3.8, 4) is 6.07 Å². The van der Waals surface area contributed by atoms with Gasteiger partial charge in [-0.2, -0.15) is 5.26 Å². The van der Waals surface area contributed by atoms with E-state index in [1.54, 1.807) is 0 Å². The molecule has 0 aromatic heterocycles. The van der Waals surface area contributed by atoms with Crippen molar-refractivity contribution >= 4 is 0 Å². The van der Waals surface area contributed by atoms with E-state index in [-0.39, 0.29) is 0 Å². The van der Waals surface area contributed by atoms with Gasteiger partial charge in [0, 0.05) is 5.56 Å². The molecule has 1 fully saturated rings. The van der Waals surface area contributed by atoms with Crippen molar-refractivity contribution in [1.29, 1.82) is 5.26 Å². The topological polar surface area (TPSA) is 36.3 Å². The first kappa shape index (κ1) is 6.38. The van der Waals surface area contributed by atoms with Crippen molar-refractivity contribution in [3.63, 3.8) is 0 Å². The summed E-state index contributed by atoms with van der Waals surface area (Å²) in [7, 11) is 0. The van der Waals surface area contributed by atoms with Crippen LogP contribution in [0.15, 0.2) is 30.3 Å². The summed E-state index contributed by atoms with van der Waals surface area (Å²) >= 11 is 0. The van der Waals surface area contributed by atoms with Crippen molar-refractivity contribution in [2.45, 2.75) is 5.60 Å². The number of hydrogen-bond donors (Lipinski definition) is 0. The van der Waals surface area contributed by atoms with Crippen LogP contribution in [0, 0.1) is 11.3 Å². The molecule has 1 aromatic carbocycles. The molecule has 0 bridgehead atoms. The largest absolute Gasteiger partial charge is 0.349 e. The third kappa shape index (κ3) is 0.903. The molecule has 54 valence electrons. The van der Waals surface area contributed by atoms with Gasteiger partial charge in [0.15, 0.2) is 0 Å². The lowest BCUT2D eigenvalue weighted by molar-refractivity contribution is 0.363. The summed E-state index contributed by atoms with van der Waals surface area (Å²) in [5, 5.41) is 8.73. The molecule has 1 aromatic rings. The van der Waals surface area contributed by atoms with Crippen LogP contribution in [-0.4, -0.2) is 6.61 Å². The summed E-state index contributed by atoms with van der Waals surface area (Å²) < 4.78 is 5.07. The van der Waals surface area contributed by atoms with Gasteiger partial charge in [-0.15, -0.1) is 0 Å². The first-order valence-corrected chi connectivity index (χ1v) is 3.48. The van der Waals surface area contributed by atoms with Gasteiger partial charge in [0.1, 0.15) is 6.07 Å². The quantitative estimate of drug-likeness (QED) is 0.560. The number of epoxide rings is 1. The Balaban J connectivity index is 2.39. The molecule has 1 saturated heterocycles. The summed E-state index contributed by atoms with van der Waals surface area (Å²) in [6.45, 7) is 0.535. The van der Waals surface area contributed by atoms with Gasteiger partial charge in [-0.25, -0.2) is 0 Å². The van der Waals surface area contributed by atoms with Gasteiger partial charge < -0.3 is 4.74 Å². The lowest BCUT2D eigenvalue weighted by atomic mass is 10.0. The Morgan fingerprint density at radius 1 is 1.36 bits per heavy atom. The van der Waals surface area contributed by atoms with Gasteiger partial charge in [-0.05, 0) is 0 Å². The van der Waals surface area contributed by atoms with Crippen LogP contribution < -0.4 is 0 Å². The molecular weight excluding hydrogens is 138 g/mol. The first-order chi connectivity index (χ1) is 5.37. The number of hydrogen-bond acceptors (Lipinski definition) is 2. The van der Waals surface area contributed by atoms with Gasteiger partial charge in [0.25, 0.3) is 0 Å². The Bertz CT molecular complexity index is 295. The van der Waals surface area contributed by atoms with Crippen molar-refractivity contribution in [2.75, 3.05) is 6.61 Å². The van der Waals surface area contributed by atoms with Crippen LogP contribution in [-0.2, 0) is 10.3 Å². The summed E-state index contributed by atoms with van der Waals surface area (Å²) in [5.41, 5.74) is 0.351. The maximum atomic E-state index is 8.73. The highest BCUT2D eigenvalue weighted by Gasteiger charge is 2.46. The predicted molar refractivity (Wildman–Crippen MR) is 39.7 cm³/mol. The molecule has 2 rings (SSSR count). The van der Waals surface area contributed by atoms with Crippen molar-refractivity contribution in [1.82, 2.24) is 0 Å². The normalized spacial score (nSPS) is 27.5. The van der Waals surface area contributed by atoms with Crippen LogP contribution in [0.4, 0.5) is 0 Å². The van der Waals surface area contributed by atoms with Crippen LogP contribution in [0.5, 0.6) is 0 Å². The van der Waals surface area contributed by atoms with Crippen LogP contribution >= 0.6 is 0 Å². The van der Waals surface area contributed by atoms with E-state index in [1.165, 1.54) is 0 Å². The summed E-state index contributed by atoms with van der Waals surface area (Å²) in [4.78, 5) is 0. The molecule has 1 aliphatic rings.